The summed E-state index contributed by atoms with van der Waals surface area (Å²) in [7, 11) is 3.32. The van der Waals surface area contributed by atoms with Gasteiger partial charge in [0.1, 0.15) is 0 Å². The number of hydrogen-bond donors (Lipinski definition) is 1. The normalized spacial score (nSPS) is 21.6. The maximum Gasteiger partial charge on any atom is 0.227 e. The van der Waals surface area contributed by atoms with Crippen molar-refractivity contribution < 1.29 is 14.3 Å². The molecule has 0 aromatic carbocycles. The predicted octanol–water partition coefficient (Wildman–Crippen LogP) is 0.496. The molecule has 5 nitrogen and oxygen atoms in total. The quantitative estimate of drug-likeness (QED) is 0.722. The average molecular weight is 258 g/mol. The summed E-state index contributed by atoms with van der Waals surface area (Å²) in [5, 5.41) is 3.29. The molecule has 1 amide bonds. The molecule has 1 aliphatic rings. The van der Waals surface area contributed by atoms with Gasteiger partial charge < -0.3 is 19.7 Å². The Morgan fingerprint density at radius 1 is 1.44 bits per heavy atom. The van der Waals surface area contributed by atoms with E-state index in [2.05, 4.69) is 5.32 Å². The molecular formula is C13H26N2O3. The van der Waals surface area contributed by atoms with Crippen LogP contribution in [0.4, 0.5) is 0 Å². The highest BCUT2D eigenvalue weighted by Gasteiger charge is 2.28. The van der Waals surface area contributed by atoms with Gasteiger partial charge in [0.25, 0.3) is 0 Å². The molecule has 0 bridgehead atoms. The molecule has 0 aliphatic carbocycles. The molecule has 1 heterocycles. The van der Waals surface area contributed by atoms with Gasteiger partial charge in [-0.3, -0.25) is 4.79 Å². The fourth-order valence-electron chi connectivity index (χ4n) is 2.37. The Kier molecular flexibility index (Phi) is 7.23. The van der Waals surface area contributed by atoms with Gasteiger partial charge in [-0.1, -0.05) is 0 Å². The van der Waals surface area contributed by atoms with Gasteiger partial charge in [0, 0.05) is 27.3 Å². The Balaban J connectivity index is 2.58. The van der Waals surface area contributed by atoms with Gasteiger partial charge in [-0.15, -0.1) is 0 Å². The highest BCUT2D eigenvalue weighted by molar-refractivity contribution is 5.79. The minimum atomic E-state index is 0.0968. The third-order valence-electron chi connectivity index (χ3n) is 3.41. The van der Waals surface area contributed by atoms with Crippen molar-refractivity contribution in [3.8, 4) is 0 Å². The van der Waals surface area contributed by atoms with Crippen LogP contribution < -0.4 is 5.32 Å². The van der Waals surface area contributed by atoms with Crippen molar-refractivity contribution >= 4 is 5.91 Å². The zero-order valence-corrected chi connectivity index (χ0v) is 11.8. The Hall–Kier alpha value is -0.650. The van der Waals surface area contributed by atoms with Crippen molar-refractivity contribution in [3.05, 3.63) is 0 Å². The van der Waals surface area contributed by atoms with Crippen molar-refractivity contribution in [1.82, 2.24) is 10.2 Å². The number of amides is 1. The zero-order chi connectivity index (χ0) is 13.4. The lowest BCUT2D eigenvalue weighted by atomic mass is 9.97. The van der Waals surface area contributed by atoms with E-state index in [0.717, 1.165) is 25.9 Å². The van der Waals surface area contributed by atoms with Gasteiger partial charge in [0.05, 0.1) is 25.2 Å². The standard InChI is InChI=1S/C13H26N2O3/c1-11(10-18-3)15(7-8-17-2)13(16)12-5-4-6-14-9-12/h11-12,14H,4-10H2,1-3H3. The fourth-order valence-corrected chi connectivity index (χ4v) is 2.37. The Bertz CT molecular complexity index is 242. The number of piperidine rings is 1. The summed E-state index contributed by atoms with van der Waals surface area (Å²) in [6.07, 6.45) is 2.06. The van der Waals surface area contributed by atoms with Crippen molar-refractivity contribution in [2.24, 2.45) is 5.92 Å². The molecule has 18 heavy (non-hydrogen) atoms. The first-order valence-corrected chi connectivity index (χ1v) is 6.69. The van der Waals surface area contributed by atoms with Crippen LogP contribution in [0.3, 0.4) is 0 Å². The van der Waals surface area contributed by atoms with E-state index in [4.69, 9.17) is 9.47 Å². The lowest BCUT2D eigenvalue weighted by Gasteiger charge is -2.33. The van der Waals surface area contributed by atoms with Crippen LogP contribution in [-0.2, 0) is 14.3 Å². The second-order valence-electron chi connectivity index (χ2n) is 4.87. The summed E-state index contributed by atoms with van der Waals surface area (Å²) in [4.78, 5) is 14.4. The number of carbonyl (C=O) groups is 1. The smallest absolute Gasteiger partial charge is 0.227 e. The van der Waals surface area contributed by atoms with Gasteiger partial charge in [0.15, 0.2) is 0 Å². The van der Waals surface area contributed by atoms with E-state index in [9.17, 15) is 4.79 Å². The van der Waals surface area contributed by atoms with Crippen LogP contribution in [-0.4, -0.2) is 63.9 Å². The second-order valence-corrected chi connectivity index (χ2v) is 4.87. The van der Waals surface area contributed by atoms with Gasteiger partial charge in [0.2, 0.25) is 5.91 Å². The molecule has 106 valence electrons. The molecule has 0 saturated carbocycles. The van der Waals surface area contributed by atoms with Gasteiger partial charge in [-0.05, 0) is 26.3 Å². The number of hydrogen-bond acceptors (Lipinski definition) is 4. The fraction of sp³-hybridized carbons (Fsp3) is 0.923. The maximum atomic E-state index is 12.5. The third-order valence-corrected chi connectivity index (χ3v) is 3.41. The topological polar surface area (TPSA) is 50.8 Å². The molecule has 0 spiro atoms. The minimum absolute atomic E-state index is 0.0968. The van der Waals surface area contributed by atoms with E-state index in [1.165, 1.54) is 0 Å². The summed E-state index contributed by atoms with van der Waals surface area (Å²) in [6.45, 7) is 5.61. The minimum Gasteiger partial charge on any atom is -0.383 e. The first-order valence-electron chi connectivity index (χ1n) is 6.69. The molecule has 1 fully saturated rings. The van der Waals surface area contributed by atoms with Crippen molar-refractivity contribution in [3.63, 3.8) is 0 Å². The average Bonchev–Trinajstić information content (AvgIpc) is 2.40. The highest BCUT2D eigenvalue weighted by atomic mass is 16.5. The maximum absolute atomic E-state index is 12.5. The SMILES string of the molecule is COCCN(C(=O)C1CCCNC1)C(C)COC. The van der Waals surface area contributed by atoms with Crippen molar-refractivity contribution in [1.29, 1.82) is 0 Å². The second kappa shape index (κ2) is 8.45. The van der Waals surface area contributed by atoms with E-state index in [1.54, 1.807) is 14.2 Å². The van der Waals surface area contributed by atoms with Gasteiger partial charge in [-0.2, -0.15) is 0 Å². The number of nitrogens with zero attached hydrogens (tertiary/aromatic N) is 1. The molecule has 1 saturated heterocycles. The first kappa shape index (κ1) is 15.4. The lowest BCUT2D eigenvalue weighted by Crippen LogP contribution is -2.49. The highest BCUT2D eigenvalue weighted by Crippen LogP contribution is 2.15. The number of nitrogens with one attached hydrogen (secondary N) is 1. The summed E-state index contributed by atoms with van der Waals surface area (Å²) in [6, 6.07) is 0.0968. The van der Waals surface area contributed by atoms with Crippen LogP contribution in [0.5, 0.6) is 0 Å². The monoisotopic (exact) mass is 258 g/mol. The summed E-state index contributed by atoms with van der Waals surface area (Å²) < 4.78 is 10.2. The number of ether oxygens (including phenoxy) is 2. The molecule has 0 aromatic rings. The molecular weight excluding hydrogens is 232 g/mol. The molecule has 1 aliphatic heterocycles. The lowest BCUT2D eigenvalue weighted by molar-refractivity contribution is -0.140. The van der Waals surface area contributed by atoms with Crippen LogP contribution >= 0.6 is 0 Å². The summed E-state index contributed by atoms with van der Waals surface area (Å²) in [5.41, 5.74) is 0. The van der Waals surface area contributed by atoms with Crippen LogP contribution in [0, 0.1) is 5.92 Å². The van der Waals surface area contributed by atoms with E-state index >= 15 is 0 Å². The Morgan fingerprint density at radius 2 is 2.22 bits per heavy atom. The Morgan fingerprint density at radius 3 is 2.78 bits per heavy atom. The first-order chi connectivity index (χ1) is 8.70. The molecule has 2 atom stereocenters. The number of rotatable bonds is 7. The summed E-state index contributed by atoms with van der Waals surface area (Å²) >= 11 is 0. The van der Waals surface area contributed by atoms with E-state index in [1.807, 2.05) is 11.8 Å². The molecule has 2 unspecified atom stereocenters. The molecule has 1 rings (SSSR count). The predicted molar refractivity (Wildman–Crippen MR) is 70.5 cm³/mol. The van der Waals surface area contributed by atoms with Crippen LogP contribution in [0.15, 0.2) is 0 Å². The largest absolute Gasteiger partial charge is 0.383 e. The number of carbonyl (C=O) groups excluding carboxylic acids is 1. The Labute approximate surface area is 110 Å². The van der Waals surface area contributed by atoms with Crippen LogP contribution in [0.2, 0.25) is 0 Å². The van der Waals surface area contributed by atoms with Gasteiger partial charge in [-0.25, -0.2) is 0 Å². The van der Waals surface area contributed by atoms with E-state index in [0.29, 0.717) is 19.8 Å². The third kappa shape index (κ3) is 4.55. The van der Waals surface area contributed by atoms with E-state index in [-0.39, 0.29) is 17.9 Å². The van der Waals surface area contributed by atoms with Crippen LogP contribution in [0.25, 0.3) is 0 Å². The molecule has 0 radical (unpaired) electrons. The van der Waals surface area contributed by atoms with E-state index < -0.39 is 0 Å². The zero-order valence-electron chi connectivity index (χ0n) is 11.8. The molecule has 0 aromatic heterocycles. The van der Waals surface area contributed by atoms with Crippen LogP contribution in [0.1, 0.15) is 19.8 Å². The van der Waals surface area contributed by atoms with Gasteiger partial charge >= 0.3 is 0 Å². The van der Waals surface area contributed by atoms with Crippen molar-refractivity contribution in [2.75, 3.05) is 47.1 Å². The molecule has 5 heteroatoms. The molecule has 1 N–H and O–H groups in total. The number of methoxy groups -OCH3 is 2. The summed E-state index contributed by atoms with van der Waals surface area (Å²) in [5.74, 6) is 0.332. The van der Waals surface area contributed by atoms with Crippen molar-refractivity contribution in [2.45, 2.75) is 25.8 Å².